The summed E-state index contributed by atoms with van der Waals surface area (Å²) in [6.45, 7) is 8.38. The highest BCUT2D eigenvalue weighted by atomic mass is 79.9. The maximum atomic E-state index is 3.41. The average molecular weight is 370 g/mol. The van der Waals surface area contributed by atoms with E-state index in [1.165, 1.54) is 31.2 Å². The monoisotopic (exact) mass is 368 g/mol. The molecular weight excluding hydrogens is 352 g/mol. The van der Waals surface area contributed by atoms with Gasteiger partial charge in [-0.15, -0.1) is 0 Å². The number of benzene rings is 2. The molecule has 0 bridgehead atoms. The molecule has 2 rings (SSSR count). The van der Waals surface area contributed by atoms with Crippen molar-refractivity contribution in [3.8, 4) is 0 Å². The molecule has 2 heteroatoms. The molecule has 2 aromatic rings. The van der Waals surface area contributed by atoms with Gasteiger partial charge in [-0.25, -0.2) is 0 Å². The van der Waals surface area contributed by atoms with E-state index in [2.05, 4.69) is 96.0 Å². The highest BCUT2D eigenvalue weighted by Crippen LogP contribution is 2.14. The number of hydrogen-bond acceptors (Lipinski definition) is 0. The Bertz CT molecular complexity index is 380. The van der Waals surface area contributed by atoms with Crippen LogP contribution in [0.2, 0.25) is 0 Å². The van der Waals surface area contributed by atoms with Crippen LogP contribution in [-0.4, -0.2) is 0 Å². The molecule has 0 aliphatic heterocycles. The van der Waals surface area contributed by atoms with E-state index in [0.29, 0.717) is 0 Å². The van der Waals surface area contributed by atoms with Gasteiger partial charge in [0, 0.05) is 8.95 Å². The van der Waals surface area contributed by atoms with Crippen LogP contribution >= 0.6 is 31.9 Å². The van der Waals surface area contributed by atoms with Crippen molar-refractivity contribution in [3.63, 3.8) is 0 Å². The summed E-state index contributed by atoms with van der Waals surface area (Å²) in [5.41, 5.74) is 5.23. The Morgan fingerprint density at radius 3 is 0.889 bits per heavy atom. The smallest absolute Gasteiger partial charge is 0.0180 e. The van der Waals surface area contributed by atoms with Crippen molar-refractivity contribution in [2.75, 3.05) is 0 Å². The van der Waals surface area contributed by atoms with Gasteiger partial charge in [0.1, 0.15) is 0 Å². The zero-order chi connectivity index (χ0) is 13.7. The van der Waals surface area contributed by atoms with E-state index in [4.69, 9.17) is 0 Å². The molecule has 0 aliphatic carbocycles. The Morgan fingerprint density at radius 2 is 0.722 bits per heavy atom. The molecule has 0 atom stereocenters. The summed E-state index contributed by atoms with van der Waals surface area (Å²) in [5.74, 6) is 0. The molecule has 2 aromatic carbocycles. The predicted octanol–water partition coefficient (Wildman–Crippen LogP) is 6.13. The third-order valence-corrected chi connectivity index (χ3v) is 3.29. The number of aryl methyl sites for hydroxylation is 4. The summed E-state index contributed by atoms with van der Waals surface area (Å²) < 4.78 is 2.33. The van der Waals surface area contributed by atoms with Crippen LogP contribution in [0.15, 0.2) is 45.3 Å². The van der Waals surface area contributed by atoms with Crippen LogP contribution in [0.5, 0.6) is 0 Å². The standard InChI is InChI=1S/2C8H9Br/c2*1-6-3-7(2)5-8(9)4-6/h2*3-5H,1-2H3. The largest absolute Gasteiger partial charge is 0.0563 e. The lowest BCUT2D eigenvalue weighted by Gasteiger charge is -1.95. The van der Waals surface area contributed by atoms with E-state index in [9.17, 15) is 0 Å². The van der Waals surface area contributed by atoms with Crippen molar-refractivity contribution in [2.24, 2.45) is 0 Å². The summed E-state index contributed by atoms with van der Waals surface area (Å²) >= 11 is 6.83. The Hall–Kier alpha value is -0.600. The molecule has 0 unspecified atom stereocenters. The van der Waals surface area contributed by atoms with Crippen LogP contribution in [0.1, 0.15) is 22.3 Å². The first-order valence-corrected chi connectivity index (χ1v) is 7.43. The van der Waals surface area contributed by atoms with Crippen molar-refractivity contribution in [1.29, 1.82) is 0 Å². The predicted molar refractivity (Wildman–Crippen MR) is 87.2 cm³/mol. The third-order valence-electron chi connectivity index (χ3n) is 2.37. The van der Waals surface area contributed by atoms with Gasteiger partial charge in [0.25, 0.3) is 0 Å². The molecule has 0 saturated carbocycles. The molecule has 0 amide bonds. The number of halogens is 2. The highest BCUT2D eigenvalue weighted by Gasteiger charge is 1.89. The molecule has 0 fully saturated rings. The van der Waals surface area contributed by atoms with Crippen LogP contribution < -0.4 is 0 Å². The number of hydrogen-bond donors (Lipinski definition) is 0. The lowest BCUT2D eigenvalue weighted by Crippen LogP contribution is -1.74. The minimum Gasteiger partial charge on any atom is -0.0563 e. The highest BCUT2D eigenvalue weighted by molar-refractivity contribution is 9.10. The lowest BCUT2D eigenvalue weighted by atomic mass is 10.2. The van der Waals surface area contributed by atoms with Crippen LogP contribution in [0.4, 0.5) is 0 Å². The minimum absolute atomic E-state index is 1.17. The molecule has 0 spiro atoms. The quantitative estimate of drug-likeness (QED) is 0.523. The topological polar surface area (TPSA) is 0 Å². The van der Waals surface area contributed by atoms with Crippen LogP contribution in [-0.2, 0) is 0 Å². The van der Waals surface area contributed by atoms with Crippen molar-refractivity contribution < 1.29 is 0 Å². The summed E-state index contributed by atoms with van der Waals surface area (Å²) in [6, 6.07) is 12.7. The van der Waals surface area contributed by atoms with Gasteiger partial charge in [-0.1, -0.05) is 44.0 Å². The van der Waals surface area contributed by atoms with Gasteiger partial charge in [-0.05, 0) is 74.2 Å². The van der Waals surface area contributed by atoms with Gasteiger partial charge in [0.15, 0.2) is 0 Å². The normalized spacial score (nSPS) is 9.67. The molecule has 0 N–H and O–H groups in total. The molecule has 0 saturated heterocycles. The van der Waals surface area contributed by atoms with E-state index in [-0.39, 0.29) is 0 Å². The molecule has 18 heavy (non-hydrogen) atoms. The van der Waals surface area contributed by atoms with Gasteiger partial charge >= 0.3 is 0 Å². The van der Waals surface area contributed by atoms with Crippen LogP contribution in [0.3, 0.4) is 0 Å². The van der Waals surface area contributed by atoms with Crippen LogP contribution in [0.25, 0.3) is 0 Å². The Morgan fingerprint density at radius 1 is 0.500 bits per heavy atom. The first-order chi connectivity index (χ1) is 8.36. The van der Waals surface area contributed by atoms with E-state index >= 15 is 0 Å². The maximum absolute atomic E-state index is 3.41. The van der Waals surface area contributed by atoms with Crippen molar-refractivity contribution in [2.45, 2.75) is 27.7 Å². The molecule has 96 valence electrons. The third kappa shape index (κ3) is 5.83. The van der Waals surface area contributed by atoms with Crippen LogP contribution in [0, 0.1) is 27.7 Å². The zero-order valence-electron chi connectivity index (χ0n) is 11.2. The van der Waals surface area contributed by atoms with Crippen molar-refractivity contribution >= 4 is 31.9 Å². The fraction of sp³-hybridized carbons (Fsp3) is 0.250. The van der Waals surface area contributed by atoms with E-state index in [1.807, 2.05) is 0 Å². The summed E-state index contributed by atoms with van der Waals surface area (Å²) in [5, 5.41) is 0. The molecule has 0 heterocycles. The molecule has 0 aromatic heterocycles. The second kappa shape index (κ2) is 7.10. The second-order valence-electron chi connectivity index (χ2n) is 4.61. The summed E-state index contributed by atoms with van der Waals surface area (Å²) in [6.07, 6.45) is 0. The van der Waals surface area contributed by atoms with E-state index in [0.717, 1.165) is 0 Å². The van der Waals surface area contributed by atoms with E-state index in [1.54, 1.807) is 0 Å². The van der Waals surface area contributed by atoms with E-state index < -0.39 is 0 Å². The van der Waals surface area contributed by atoms with Crippen molar-refractivity contribution in [3.05, 3.63) is 67.6 Å². The first kappa shape index (κ1) is 15.5. The Labute approximate surface area is 127 Å². The second-order valence-corrected chi connectivity index (χ2v) is 6.44. The van der Waals surface area contributed by atoms with Gasteiger partial charge in [-0.2, -0.15) is 0 Å². The Balaban J connectivity index is 0.000000180. The average Bonchev–Trinajstić information content (AvgIpc) is 2.12. The van der Waals surface area contributed by atoms with Gasteiger partial charge in [-0.3, -0.25) is 0 Å². The summed E-state index contributed by atoms with van der Waals surface area (Å²) in [7, 11) is 0. The van der Waals surface area contributed by atoms with Gasteiger partial charge in [0.2, 0.25) is 0 Å². The first-order valence-electron chi connectivity index (χ1n) is 5.84. The fourth-order valence-corrected chi connectivity index (χ4v) is 3.28. The van der Waals surface area contributed by atoms with Gasteiger partial charge < -0.3 is 0 Å². The van der Waals surface area contributed by atoms with Gasteiger partial charge in [0.05, 0.1) is 0 Å². The SMILES string of the molecule is Cc1cc(C)cc(Br)c1.Cc1cc(C)cc(Br)c1. The van der Waals surface area contributed by atoms with Crippen molar-refractivity contribution in [1.82, 2.24) is 0 Å². The minimum atomic E-state index is 1.17. The fourth-order valence-electron chi connectivity index (χ4n) is 1.84. The molecule has 0 aliphatic rings. The molecular formula is C16H18Br2. The lowest BCUT2D eigenvalue weighted by molar-refractivity contribution is 1.37. The number of rotatable bonds is 0. The maximum Gasteiger partial charge on any atom is 0.0180 e. The summed E-state index contributed by atoms with van der Waals surface area (Å²) in [4.78, 5) is 0. The zero-order valence-corrected chi connectivity index (χ0v) is 14.4. The molecule has 0 nitrogen and oxygen atoms in total. The Kier molecular flexibility index (Phi) is 6.10. The molecule has 0 radical (unpaired) electrons.